The van der Waals surface area contributed by atoms with Crippen molar-refractivity contribution in [2.75, 3.05) is 13.7 Å². The second-order valence-electron chi connectivity index (χ2n) is 11.9. The summed E-state index contributed by atoms with van der Waals surface area (Å²) >= 11 is 0. The Bertz CT molecular complexity index is 885. The minimum absolute atomic E-state index is 0.0971. The maximum Gasteiger partial charge on any atom is 0.457 e. The number of amides is 1. The van der Waals surface area contributed by atoms with Crippen molar-refractivity contribution >= 4 is 19.2 Å². The number of carbonyl (C=O) groups excluding carboxylic acids is 2. The Morgan fingerprint density at radius 2 is 1.72 bits per heavy atom. The number of benzene rings is 1. The van der Waals surface area contributed by atoms with Crippen LogP contribution in [-0.4, -0.2) is 66.6 Å². The summed E-state index contributed by atoms with van der Waals surface area (Å²) in [6, 6.07) is 9.26. The maximum absolute atomic E-state index is 13.1. The lowest BCUT2D eigenvalue weighted by Crippen LogP contribution is -2.46. The number of methoxy groups -OCH3 is 1. The number of carbonyl (C=O) groups is 2. The molecule has 2 fully saturated rings. The smallest absolute Gasteiger partial charge is 0.457 e. The number of ether oxygens (including phenoxy) is 2. The van der Waals surface area contributed by atoms with Crippen LogP contribution in [0.4, 0.5) is 4.79 Å². The first-order valence-corrected chi connectivity index (χ1v) is 12.9. The van der Waals surface area contributed by atoms with Crippen LogP contribution in [-0.2, 0) is 30.1 Å². The summed E-state index contributed by atoms with van der Waals surface area (Å²) in [4.78, 5) is 27.6. The molecule has 1 aromatic rings. The number of hydrogen-bond donors (Lipinski definition) is 1. The number of rotatable bonds is 8. The average Bonchev–Trinajstić information content (AvgIpc) is 3.24. The van der Waals surface area contributed by atoms with Gasteiger partial charge >= 0.3 is 19.2 Å². The summed E-state index contributed by atoms with van der Waals surface area (Å²) in [7, 11) is 1.06. The Morgan fingerprint density at radius 3 is 2.28 bits per heavy atom. The quantitative estimate of drug-likeness (QED) is 0.416. The highest BCUT2D eigenvalue weighted by atomic mass is 16.7. The molecule has 9 heteroatoms. The van der Waals surface area contributed by atoms with E-state index in [0.29, 0.717) is 25.8 Å². The zero-order valence-corrected chi connectivity index (χ0v) is 23.1. The number of nitrogens with zero attached hydrogens (tertiary/aromatic N) is 1. The molecule has 2 heterocycles. The predicted molar refractivity (Wildman–Crippen MR) is 139 cm³/mol. The summed E-state index contributed by atoms with van der Waals surface area (Å²) in [6.45, 7) is 14.6. The molecule has 2 saturated heterocycles. The number of hydrogen-bond acceptors (Lipinski definition) is 7. The predicted octanol–water partition coefficient (Wildman–Crippen LogP) is 4.43. The van der Waals surface area contributed by atoms with Gasteiger partial charge in [-0.2, -0.15) is 0 Å². The van der Waals surface area contributed by atoms with Crippen molar-refractivity contribution in [3.63, 3.8) is 0 Å². The Labute approximate surface area is 216 Å². The number of nitrogens with one attached hydrogen (secondary N) is 1. The van der Waals surface area contributed by atoms with Gasteiger partial charge < -0.3 is 24.1 Å². The largest absolute Gasteiger partial charge is 0.467 e. The summed E-state index contributed by atoms with van der Waals surface area (Å²) in [6.07, 6.45) is 1.68. The minimum atomic E-state index is -0.726. The van der Waals surface area contributed by atoms with Crippen LogP contribution in [0.15, 0.2) is 30.3 Å². The zero-order chi connectivity index (χ0) is 26.7. The summed E-state index contributed by atoms with van der Waals surface area (Å²) in [5.74, 6) is -0.568. The van der Waals surface area contributed by atoms with Crippen LogP contribution in [0, 0.1) is 5.92 Å². The average molecular weight is 502 g/mol. The SMILES string of the molecule is COC(=O)[C@@H]1C(CCCB2OC(C)(C)C(C)(C)O2)C(NCc2ccccc2)CN1C(=O)OC(C)(C)C. The van der Waals surface area contributed by atoms with Gasteiger partial charge in [0.05, 0.1) is 18.3 Å². The highest BCUT2D eigenvalue weighted by Crippen LogP contribution is 2.39. The lowest BCUT2D eigenvalue weighted by atomic mass is 9.79. The van der Waals surface area contributed by atoms with Crippen LogP contribution >= 0.6 is 0 Å². The molecular weight excluding hydrogens is 459 g/mol. The molecule has 0 spiro atoms. The van der Waals surface area contributed by atoms with E-state index in [1.54, 1.807) is 0 Å². The molecule has 2 aliphatic heterocycles. The molecule has 3 rings (SSSR count). The fourth-order valence-corrected chi connectivity index (χ4v) is 4.87. The summed E-state index contributed by atoms with van der Waals surface area (Å²) < 4.78 is 23.1. The first-order valence-electron chi connectivity index (χ1n) is 12.9. The molecule has 0 radical (unpaired) electrons. The monoisotopic (exact) mass is 502 g/mol. The molecule has 2 unspecified atom stereocenters. The molecule has 8 nitrogen and oxygen atoms in total. The van der Waals surface area contributed by atoms with Gasteiger partial charge in [-0.25, -0.2) is 9.59 Å². The molecular formula is C27H43BN2O6. The van der Waals surface area contributed by atoms with E-state index in [1.165, 1.54) is 12.0 Å². The fourth-order valence-electron chi connectivity index (χ4n) is 4.87. The van der Waals surface area contributed by atoms with Crippen molar-refractivity contribution < 1.29 is 28.4 Å². The highest BCUT2D eigenvalue weighted by molar-refractivity contribution is 6.45. The van der Waals surface area contributed by atoms with Crippen LogP contribution in [0.25, 0.3) is 0 Å². The molecule has 2 aliphatic rings. The number of esters is 1. The Balaban J connectivity index is 1.75. The van der Waals surface area contributed by atoms with E-state index in [0.717, 1.165) is 12.0 Å². The van der Waals surface area contributed by atoms with Crippen molar-refractivity contribution in [1.29, 1.82) is 0 Å². The van der Waals surface area contributed by atoms with Crippen molar-refractivity contribution in [2.24, 2.45) is 5.92 Å². The standard InChI is InChI=1S/C27H43BN2O6/c1-25(2,3)34-24(32)30-18-21(29-17-19-13-10-9-11-14-19)20(22(30)23(31)33-8)15-12-16-28-35-26(4,5)27(6,7)36-28/h9-11,13-14,20-22,29H,12,15-18H2,1-8H3/t20?,21?,22-/m0/s1. The van der Waals surface area contributed by atoms with Crippen LogP contribution in [0.5, 0.6) is 0 Å². The van der Waals surface area contributed by atoms with Gasteiger partial charge in [0.15, 0.2) is 0 Å². The zero-order valence-electron chi connectivity index (χ0n) is 23.1. The third kappa shape index (κ3) is 6.81. The molecule has 36 heavy (non-hydrogen) atoms. The molecule has 1 aromatic carbocycles. The lowest BCUT2D eigenvalue weighted by molar-refractivity contribution is -0.147. The Kier molecular flexibility index (Phi) is 8.79. The number of likely N-dealkylation sites (tertiary alicyclic amines) is 1. The minimum Gasteiger partial charge on any atom is -0.467 e. The van der Waals surface area contributed by atoms with Gasteiger partial charge in [0.25, 0.3) is 0 Å². The second kappa shape index (κ2) is 11.1. The lowest BCUT2D eigenvalue weighted by Gasteiger charge is -2.32. The van der Waals surface area contributed by atoms with Crippen LogP contribution in [0.1, 0.15) is 66.9 Å². The molecule has 0 bridgehead atoms. The molecule has 0 aliphatic carbocycles. The molecule has 0 aromatic heterocycles. The van der Waals surface area contributed by atoms with Gasteiger partial charge in [0.1, 0.15) is 11.6 Å². The van der Waals surface area contributed by atoms with Gasteiger partial charge in [0, 0.05) is 25.0 Å². The molecule has 3 atom stereocenters. The molecule has 1 N–H and O–H groups in total. The van der Waals surface area contributed by atoms with Crippen LogP contribution < -0.4 is 5.32 Å². The molecule has 1 amide bonds. The third-order valence-electron chi connectivity index (χ3n) is 7.41. The van der Waals surface area contributed by atoms with E-state index in [1.807, 2.05) is 66.7 Å². The first kappa shape index (κ1) is 28.5. The second-order valence-corrected chi connectivity index (χ2v) is 11.9. The van der Waals surface area contributed by atoms with E-state index in [9.17, 15) is 9.59 Å². The Hall–Kier alpha value is -2.10. The van der Waals surface area contributed by atoms with E-state index in [-0.39, 0.29) is 30.3 Å². The topological polar surface area (TPSA) is 86.3 Å². The van der Waals surface area contributed by atoms with Gasteiger partial charge in [-0.05, 0) is 66.8 Å². The van der Waals surface area contributed by atoms with Gasteiger partial charge in [-0.3, -0.25) is 4.90 Å². The van der Waals surface area contributed by atoms with E-state index >= 15 is 0 Å². The van der Waals surface area contributed by atoms with Gasteiger partial charge in [-0.1, -0.05) is 36.8 Å². The fraction of sp³-hybridized carbons (Fsp3) is 0.704. The molecule has 200 valence electrons. The van der Waals surface area contributed by atoms with Gasteiger partial charge in [-0.15, -0.1) is 0 Å². The summed E-state index contributed by atoms with van der Waals surface area (Å²) in [5.41, 5.74) is -0.293. The molecule has 0 saturated carbocycles. The van der Waals surface area contributed by atoms with Gasteiger partial charge in [0.2, 0.25) is 0 Å². The van der Waals surface area contributed by atoms with Crippen LogP contribution in [0.3, 0.4) is 0 Å². The van der Waals surface area contributed by atoms with Crippen molar-refractivity contribution in [3.05, 3.63) is 35.9 Å². The third-order valence-corrected chi connectivity index (χ3v) is 7.41. The Morgan fingerprint density at radius 1 is 1.11 bits per heavy atom. The van der Waals surface area contributed by atoms with Crippen molar-refractivity contribution in [2.45, 2.75) is 103 Å². The van der Waals surface area contributed by atoms with E-state index in [4.69, 9.17) is 18.8 Å². The van der Waals surface area contributed by atoms with E-state index < -0.39 is 23.7 Å². The normalized spacial score (nSPS) is 25.2. The van der Waals surface area contributed by atoms with Crippen molar-refractivity contribution in [1.82, 2.24) is 10.2 Å². The maximum atomic E-state index is 13.1. The van der Waals surface area contributed by atoms with Crippen molar-refractivity contribution in [3.8, 4) is 0 Å². The van der Waals surface area contributed by atoms with Crippen LogP contribution in [0.2, 0.25) is 6.32 Å². The summed E-state index contributed by atoms with van der Waals surface area (Å²) in [5, 5.41) is 3.59. The van der Waals surface area contributed by atoms with E-state index in [2.05, 4.69) is 17.4 Å². The first-order chi connectivity index (χ1) is 16.7. The highest BCUT2D eigenvalue weighted by Gasteiger charge is 2.52.